The zero-order valence-electron chi connectivity index (χ0n) is 16.1. The summed E-state index contributed by atoms with van der Waals surface area (Å²) >= 11 is 5.19. The monoisotopic (exact) mass is 474 g/mol. The molecular formula is C21H23BrN4O2S. The van der Waals surface area contributed by atoms with E-state index >= 15 is 0 Å². The van der Waals surface area contributed by atoms with E-state index in [9.17, 15) is 9.59 Å². The number of hydrogen-bond donors (Lipinski definition) is 0. The molecule has 1 amide bonds. The number of rotatable bonds is 6. The van der Waals surface area contributed by atoms with Crippen molar-refractivity contribution >= 4 is 44.1 Å². The van der Waals surface area contributed by atoms with Gasteiger partial charge in [0.25, 0.3) is 5.56 Å². The van der Waals surface area contributed by atoms with E-state index in [0.717, 1.165) is 43.6 Å². The molecule has 152 valence electrons. The third-order valence-electron chi connectivity index (χ3n) is 5.33. The fourth-order valence-corrected chi connectivity index (χ4v) is 4.67. The van der Waals surface area contributed by atoms with Crippen LogP contribution in [-0.4, -0.2) is 58.0 Å². The molecule has 0 radical (unpaired) electrons. The van der Waals surface area contributed by atoms with Gasteiger partial charge in [-0.2, -0.15) is 0 Å². The van der Waals surface area contributed by atoms with Gasteiger partial charge in [-0.15, -0.1) is 11.3 Å². The van der Waals surface area contributed by atoms with Crippen LogP contribution in [0.1, 0.15) is 11.3 Å². The van der Waals surface area contributed by atoms with E-state index in [2.05, 4.69) is 43.3 Å². The second-order valence-corrected chi connectivity index (χ2v) is 9.15. The van der Waals surface area contributed by atoms with Gasteiger partial charge in [0.15, 0.2) is 0 Å². The van der Waals surface area contributed by atoms with E-state index in [0.29, 0.717) is 23.9 Å². The van der Waals surface area contributed by atoms with Crippen LogP contribution >= 0.6 is 27.3 Å². The Morgan fingerprint density at radius 2 is 1.97 bits per heavy atom. The quantitative estimate of drug-likeness (QED) is 0.550. The van der Waals surface area contributed by atoms with Crippen molar-refractivity contribution in [2.45, 2.75) is 19.4 Å². The molecule has 0 unspecified atom stereocenters. The van der Waals surface area contributed by atoms with Gasteiger partial charge in [0.2, 0.25) is 5.91 Å². The van der Waals surface area contributed by atoms with E-state index < -0.39 is 0 Å². The number of aromatic nitrogens is 2. The minimum absolute atomic E-state index is 0.101. The van der Waals surface area contributed by atoms with Crippen molar-refractivity contribution in [3.8, 4) is 0 Å². The number of carbonyl (C=O) groups excluding carboxylic acids is 1. The van der Waals surface area contributed by atoms with Gasteiger partial charge in [0.1, 0.15) is 0 Å². The van der Waals surface area contributed by atoms with Crippen LogP contribution in [0.5, 0.6) is 0 Å². The van der Waals surface area contributed by atoms with Crippen LogP contribution in [-0.2, 0) is 17.8 Å². The summed E-state index contributed by atoms with van der Waals surface area (Å²) in [5, 5.41) is 2.68. The van der Waals surface area contributed by atoms with Crippen LogP contribution in [0.25, 0.3) is 10.9 Å². The van der Waals surface area contributed by atoms with Crippen LogP contribution in [0.4, 0.5) is 0 Å². The summed E-state index contributed by atoms with van der Waals surface area (Å²) in [7, 11) is 0. The number of fused-ring (bicyclic) bond motifs is 1. The number of piperazine rings is 1. The second kappa shape index (κ2) is 9.19. The first kappa shape index (κ1) is 20.3. The summed E-state index contributed by atoms with van der Waals surface area (Å²) in [6, 6.07) is 9.72. The molecule has 0 saturated carbocycles. The summed E-state index contributed by atoms with van der Waals surface area (Å²) in [5.41, 5.74) is 0.557. The van der Waals surface area contributed by atoms with E-state index in [1.807, 2.05) is 17.0 Å². The SMILES string of the molecule is O=C(CCn1cnc2ccc(Br)cc2c1=O)N1CCN(CCc2cccs2)CC1. The van der Waals surface area contributed by atoms with Gasteiger partial charge in [-0.1, -0.05) is 22.0 Å². The number of amides is 1. The van der Waals surface area contributed by atoms with Crippen LogP contribution in [0.2, 0.25) is 0 Å². The highest BCUT2D eigenvalue weighted by Gasteiger charge is 2.21. The molecule has 3 heterocycles. The Bertz CT molecular complexity index is 1040. The Labute approximate surface area is 181 Å². The maximum Gasteiger partial charge on any atom is 0.261 e. The molecule has 0 aliphatic carbocycles. The fraction of sp³-hybridized carbons (Fsp3) is 0.381. The van der Waals surface area contributed by atoms with Crippen molar-refractivity contribution in [1.82, 2.24) is 19.4 Å². The summed E-state index contributed by atoms with van der Waals surface area (Å²) in [4.78, 5) is 35.3. The van der Waals surface area contributed by atoms with Crippen LogP contribution in [0.3, 0.4) is 0 Å². The molecule has 0 spiro atoms. The van der Waals surface area contributed by atoms with E-state index in [1.165, 1.54) is 15.8 Å². The van der Waals surface area contributed by atoms with Gasteiger partial charge in [-0.3, -0.25) is 19.1 Å². The minimum Gasteiger partial charge on any atom is -0.340 e. The molecule has 1 aromatic carbocycles. The summed E-state index contributed by atoms with van der Waals surface area (Å²) in [6.07, 6.45) is 2.92. The van der Waals surface area contributed by atoms with Gasteiger partial charge in [-0.25, -0.2) is 4.98 Å². The number of carbonyl (C=O) groups is 1. The Kier molecular flexibility index (Phi) is 6.42. The number of aryl methyl sites for hydroxylation is 1. The number of thiophene rings is 1. The highest BCUT2D eigenvalue weighted by atomic mass is 79.9. The lowest BCUT2D eigenvalue weighted by molar-refractivity contribution is -0.133. The number of benzene rings is 1. The summed E-state index contributed by atoms with van der Waals surface area (Å²) < 4.78 is 2.37. The Morgan fingerprint density at radius 1 is 1.14 bits per heavy atom. The molecule has 1 fully saturated rings. The molecule has 1 aliphatic heterocycles. The van der Waals surface area contributed by atoms with Gasteiger partial charge in [0, 0.05) is 55.0 Å². The number of hydrogen-bond acceptors (Lipinski definition) is 5. The molecule has 0 bridgehead atoms. The van der Waals surface area contributed by atoms with E-state index in [1.54, 1.807) is 17.4 Å². The normalized spacial score (nSPS) is 15.1. The van der Waals surface area contributed by atoms with Crippen molar-refractivity contribution in [3.05, 3.63) is 61.7 Å². The molecule has 6 nitrogen and oxygen atoms in total. The highest BCUT2D eigenvalue weighted by molar-refractivity contribution is 9.10. The van der Waals surface area contributed by atoms with Crippen molar-refractivity contribution in [3.63, 3.8) is 0 Å². The third kappa shape index (κ3) is 4.94. The maximum atomic E-state index is 12.7. The van der Waals surface area contributed by atoms with Crippen LogP contribution < -0.4 is 5.56 Å². The maximum absolute atomic E-state index is 12.7. The first-order chi connectivity index (χ1) is 14.1. The smallest absolute Gasteiger partial charge is 0.261 e. The fourth-order valence-electron chi connectivity index (χ4n) is 3.61. The largest absolute Gasteiger partial charge is 0.340 e. The van der Waals surface area contributed by atoms with Gasteiger partial charge >= 0.3 is 0 Å². The average Bonchev–Trinajstić information content (AvgIpc) is 3.26. The molecule has 1 aliphatic rings. The van der Waals surface area contributed by atoms with Crippen molar-refractivity contribution in [2.24, 2.45) is 0 Å². The lowest BCUT2D eigenvalue weighted by Crippen LogP contribution is -2.49. The Balaban J connectivity index is 1.29. The van der Waals surface area contributed by atoms with Crippen LogP contribution in [0.15, 0.2) is 51.3 Å². The predicted octanol–water partition coefficient (Wildman–Crippen LogP) is 3.00. The third-order valence-corrected chi connectivity index (χ3v) is 6.76. The van der Waals surface area contributed by atoms with Gasteiger partial charge < -0.3 is 4.90 Å². The van der Waals surface area contributed by atoms with Gasteiger partial charge in [-0.05, 0) is 36.1 Å². The molecule has 29 heavy (non-hydrogen) atoms. The topological polar surface area (TPSA) is 58.4 Å². The number of halogens is 1. The molecule has 3 aromatic rings. The average molecular weight is 475 g/mol. The number of nitrogens with zero attached hydrogens (tertiary/aromatic N) is 4. The van der Waals surface area contributed by atoms with Crippen molar-refractivity contribution in [1.29, 1.82) is 0 Å². The van der Waals surface area contributed by atoms with Crippen molar-refractivity contribution in [2.75, 3.05) is 32.7 Å². The lowest BCUT2D eigenvalue weighted by atomic mass is 10.2. The van der Waals surface area contributed by atoms with Crippen molar-refractivity contribution < 1.29 is 4.79 Å². The molecule has 8 heteroatoms. The molecule has 4 rings (SSSR count). The zero-order valence-corrected chi connectivity index (χ0v) is 18.5. The molecule has 2 aromatic heterocycles. The summed E-state index contributed by atoms with van der Waals surface area (Å²) in [5.74, 6) is 0.101. The van der Waals surface area contributed by atoms with E-state index in [-0.39, 0.29) is 11.5 Å². The summed E-state index contributed by atoms with van der Waals surface area (Å²) in [6.45, 7) is 4.70. The highest BCUT2D eigenvalue weighted by Crippen LogP contribution is 2.15. The lowest BCUT2D eigenvalue weighted by Gasteiger charge is -2.34. The molecule has 0 atom stereocenters. The zero-order chi connectivity index (χ0) is 20.2. The van der Waals surface area contributed by atoms with Gasteiger partial charge in [0.05, 0.1) is 17.2 Å². The van der Waals surface area contributed by atoms with E-state index in [4.69, 9.17) is 0 Å². The molecule has 0 N–H and O–H groups in total. The standard InChI is InChI=1S/C21H23BrN4O2S/c22-16-3-4-19-18(14-16)21(28)26(15-23-19)8-6-20(27)25-11-9-24(10-12-25)7-5-17-2-1-13-29-17/h1-4,13-15H,5-12H2. The minimum atomic E-state index is -0.109. The Morgan fingerprint density at radius 3 is 2.72 bits per heavy atom. The molecule has 1 saturated heterocycles. The first-order valence-electron chi connectivity index (χ1n) is 9.77. The second-order valence-electron chi connectivity index (χ2n) is 7.21. The van der Waals surface area contributed by atoms with Crippen LogP contribution in [0, 0.1) is 0 Å². The Hall–Kier alpha value is -2.03. The predicted molar refractivity (Wildman–Crippen MR) is 119 cm³/mol. The first-order valence-corrected chi connectivity index (χ1v) is 11.4. The molecular weight excluding hydrogens is 452 g/mol.